The van der Waals surface area contributed by atoms with Gasteiger partial charge in [0.25, 0.3) is 6.43 Å². The summed E-state index contributed by atoms with van der Waals surface area (Å²) in [6.07, 6.45) is -1.19. The molecule has 0 spiro atoms. The second kappa shape index (κ2) is 6.66. The van der Waals surface area contributed by atoms with Crippen LogP contribution < -0.4 is 5.43 Å². The Morgan fingerprint density at radius 2 is 1.88 bits per heavy atom. The first-order valence-corrected chi connectivity index (χ1v) is 7.83. The monoisotopic (exact) mass is 361 g/mol. The van der Waals surface area contributed by atoms with Gasteiger partial charge in [-0.25, -0.2) is 24.0 Å². The van der Waals surface area contributed by atoms with Crippen molar-refractivity contribution in [3.8, 4) is 11.3 Å². The van der Waals surface area contributed by atoms with Crippen molar-refractivity contribution in [2.24, 2.45) is 0 Å². The fourth-order valence-corrected chi connectivity index (χ4v) is 2.33. The highest BCUT2D eigenvalue weighted by Crippen LogP contribution is 2.30. The molecule has 1 amide bonds. The topological polar surface area (TPSA) is 81.9 Å². The highest BCUT2D eigenvalue weighted by Gasteiger charge is 2.25. The molecule has 0 bridgehead atoms. The van der Waals surface area contributed by atoms with Gasteiger partial charge in [0.15, 0.2) is 0 Å². The number of halogens is 2. The molecule has 1 aromatic carbocycles. The van der Waals surface area contributed by atoms with E-state index in [2.05, 4.69) is 20.5 Å². The number of carbonyl (C=O) groups is 1. The summed E-state index contributed by atoms with van der Waals surface area (Å²) >= 11 is 0. The van der Waals surface area contributed by atoms with E-state index in [1.54, 1.807) is 39.0 Å². The van der Waals surface area contributed by atoms with Crippen LogP contribution in [0.25, 0.3) is 22.3 Å². The van der Waals surface area contributed by atoms with Crippen molar-refractivity contribution in [3.05, 3.63) is 42.4 Å². The molecule has 9 heteroatoms. The molecule has 7 nitrogen and oxygen atoms in total. The molecule has 1 N–H and O–H groups in total. The van der Waals surface area contributed by atoms with E-state index in [-0.39, 0.29) is 11.3 Å². The van der Waals surface area contributed by atoms with Crippen molar-refractivity contribution in [1.82, 2.24) is 19.9 Å². The van der Waals surface area contributed by atoms with Crippen molar-refractivity contribution in [2.75, 3.05) is 5.43 Å². The molecule has 2 aromatic heterocycles. The maximum absolute atomic E-state index is 13.6. The maximum Gasteiger partial charge on any atom is 0.428 e. The summed E-state index contributed by atoms with van der Waals surface area (Å²) in [6, 6.07) is 7.09. The van der Waals surface area contributed by atoms with Crippen molar-refractivity contribution in [1.29, 1.82) is 0 Å². The molecule has 0 unspecified atom stereocenters. The van der Waals surface area contributed by atoms with E-state index in [0.717, 1.165) is 0 Å². The average molecular weight is 361 g/mol. The Morgan fingerprint density at radius 3 is 2.54 bits per heavy atom. The van der Waals surface area contributed by atoms with Crippen LogP contribution in [0, 0.1) is 0 Å². The number of carbonyl (C=O) groups excluding carboxylic acids is 1. The van der Waals surface area contributed by atoms with E-state index < -0.39 is 23.8 Å². The predicted octanol–water partition coefficient (Wildman–Crippen LogP) is 3.91. The number of ether oxygens (including phenoxy) is 1. The Kier molecular flexibility index (Phi) is 4.54. The smallest absolute Gasteiger partial charge is 0.428 e. The minimum Gasteiger partial charge on any atom is -0.443 e. The van der Waals surface area contributed by atoms with Gasteiger partial charge in [-0.3, -0.25) is 4.98 Å². The number of benzene rings is 1. The Hall–Kier alpha value is -3.10. The molecule has 3 rings (SSSR count). The number of aromatic nitrogens is 4. The van der Waals surface area contributed by atoms with E-state index in [1.165, 1.54) is 12.4 Å². The SMILES string of the molecule is CC(C)(C)OC(=O)Nn1ncc(-c2cnc3ccccc3n2)c1C(F)F. The number of nitrogens with zero attached hydrogens (tertiary/aromatic N) is 4. The molecule has 136 valence electrons. The molecule has 26 heavy (non-hydrogen) atoms. The van der Waals surface area contributed by atoms with Gasteiger partial charge in [-0.05, 0) is 32.9 Å². The zero-order valence-electron chi connectivity index (χ0n) is 14.4. The number of nitrogens with one attached hydrogen (secondary N) is 1. The molecule has 0 saturated heterocycles. The number of amides is 1. The van der Waals surface area contributed by atoms with Gasteiger partial charge in [-0.2, -0.15) is 9.89 Å². The lowest BCUT2D eigenvalue weighted by Crippen LogP contribution is -2.33. The minimum absolute atomic E-state index is 0.0781. The Bertz CT molecular complexity index is 950. The van der Waals surface area contributed by atoms with Crippen LogP contribution in [0.3, 0.4) is 0 Å². The molecular formula is C17H17F2N5O2. The molecular weight excluding hydrogens is 344 g/mol. The van der Waals surface area contributed by atoms with Gasteiger partial charge in [-0.1, -0.05) is 12.1 Å². The molecule has 3 aromatic rings. The van der Waals surface area contributed by atoms with Crippen LogP contribution in [0.4, 0.5) is 13.6 Å². The highest BCUT2D eigenvalue weighted by atomic mass is 19.3. The van der Waals surface area contributed by atoms with E-state index >= 15 is 0 Å². The molecule has 0 aliphatic rings. The van der Waals surface area contributed by atoms with Crippen LogP contribution in [0.1, 0.15) is 32.9 Å². The molecule has 0 radical (unpaired) electrons. The van der Waals surface area contributed by atoms with E-state index in [0.29, 0.717) is 15.8 Å². The molecule has 0 fully saturated rings. The summed E-state index contributed by atoms with van der Waals surface area (Å²) in [6.45, 7) is 5.00. The van der Waals surface area contributed by atoms with E-state index in [9.17, 15) is 13.6 Å². The number of para-hydroxylation sites is 2. The molecule has 2 heterocycles. The Morgan fingerprint density at radius 1 is 1.19 bits per heavy atom. The molecule has 0 aliphatic heterocycles. The summed E-state index contributed by atoms with van der Waals surface area (Å²) < 4.78 is 32.3. The first-order valence-electron chi connectivity index (χ1n) is 7.83. The van der Waals surface area contributed by atoms with Crippen LogP contribution in [0.5, 0.6) is 0 Å². The largest absolute Gasteiger partial charge is 0.443 e. The molecule has 0 saturated carbocycles. The summed E-state index contributed by atoms with van der Waals surface area (Å²) in [5.74, 6) is 0. The standard InChI is InChI=1S/C17H17F2N5O2/c1-17(2,3)26-16(25)23-24-14(15(18)19)10(8-21-24)13-9-20-11-6-4-5-7-12(11)22-13/h4-9,15H,1-3H3,(H,23,25). The lowest BCUT2D eigenvalue weighted by Gasteiger charge is -2.20. The zero-order valence-corrected chi connectivity index (χ0v) is 14.4. The van der Waals surface area contributed by atoms with Gasteiger partial charge >= 0.3 is 6.09 Å². The average Bonchev–Trinajstić information content (AvgIpc) is 2.96. The number of alkyl halides is 2. The van der Waals surface area contributed by atoms with Crippen molar-refractivity contribution < 1.29 is 18.3 Å². The Labute approximate surface area is 148 Å². The maximum atomic E-state index is 13.6. The first-order chi connectivity index (χ1) is 12.2. The van der Waals surface area contributed by atoms with Gasteiger partial charge in [0.1, 0.15) is 11.3 Å². The van der Waals surface area contributed by atoms with Crippen LogP contribution in [0.15, 0.2) is 36.7 Å². The number of rotatable bonds is 3. The van der Waals surface area contributed by atoms with Crippen molar-refractivity contribution >= 4 is 17.1 Å². The summed E-state index contributed by atoms with van der Waals surface area (Å²) in [5.41, 5.74) is 2.45. The first kappa shape index (κ1) is 17.7. The zero-order chi connectivity index (χ0) is 18.9. The number of hydrogen-bond acceptors (Lipinski definition) is 5. The Balaban J connectivity index is 1.97. The number of hydrogen-bond donors (Lipinski definition) is 1. The van der Waals surface area contributed by atoms with Crippen LogP contribution in [-0.4, -0.2) is 31.6 Å². The number of fused-ring (bicyclic) bond motifs is 1. The second-order valence-corrected chi connectivity index (χ2v) is 6.51. The van der Waals surface area contributed by atoms with Crippen molar-refractivity contribution in [3.63, 3.8) is 0 Å². The van der Waals surface area contributed by atoms with E-state index in [4.69, 9.17) is 4.74 Å². The fraction of sp³-hybridized carbons (Fsp3) is 0.294. The van der Waals surface area contributed by atoms with Crippen LogP contribution >= 0.6 is 0 Å². The van der Waals surface area contributed by atoms with Crippen LogP contribution in [-0.2, 0) is 4.74 Å². The quantitative estimate of drug-likeness (QED) is 0.765. The second-order valence-electron chi connectivity index (χ2n) is 6.51. The van der Waals surface area contributed by atoms with Gasteiger partial charge in [0.2, 0.25) is 0 Å². The summed E-state index contributed by atoms with van der Waals surface area (Å²) in [5, 5.41) is 3.82. The summed E-state index contributed by atoms with van der Waals surface area (Å²) in [4.78, 5) is 21.1. The fourth-order valence-electron chi connectivity index (χ4n) is 2.33. The lowest BCUT2D eigenvalue weighted by atomic mass is 10.2. The lowest BCUT2D eigenvalue weighted by molar-refractivity contribution is 0.0603. The van der Waals surface area contributed by atoms with Gasteiger partial charge in [0.05, 0.1) is 34.7 Å². The third kappa shape index (κ3) is 3.76. The van der Waals surface area contributed by atoms with Gasteiger partial charge < -0.3 is 4.74 Å². The highest BCUT2D eigenvalue weighted by molar-refractivity contribution is 5.78. The predicted molar refractivity (Wildman–Crippen MR) is 91.3 cm³/mol. The third-order valence-corrected chi connectivity index (χ3v) is 3.33. The normalized spacial score (nSPS) is 11.8. The summed E-state index contributed by atoms with van der Waals surface area (Å²) in [7, 11) is 0. The molecule has 0 atom stereocenters. The third-order valence-electron chi connectivity index (χ3n) is 3.33. The van der Waals surface area contributed by atoms with Gasteiger partial charge in [-0.15, -0.1) is 0 Å². The minimum atomic E-state index is -2.89. The van der Waals surface area contributed by atoms with Crippen LogP contribution in [0.2, 0.25) is 0 Å². The van der Waals surface area contributed by atoms with E-state index in [1.807, 2.05) is 6.07 Å². The van der Waals surface area contributed by atoms with Gasteiger partial charge in [0, 0.05) is 0 Å². The van der Waals surface area contributed by atoms with Crippen molar-refractivity contribution in [2.45, 2.75) is 32.8 Å². The molecule has 0 aliphatic carbocycles.